The van der Waals surface area contributed by atoms with Gasteiger partial charge in [0, 0.05) is 22.7 Å². The van der Waals surface area contributed by atoms with Gasteiger partial charge in [0.1, 0.15) is 0 Å². The Morgan fingerprint density at radius 2 is 1.90 bits per heavy atom. The number of amides is 3. The topological polar surface area (TPSA) is 82.3 Å². The summed E-state index contributed by atoms with van der Waals surface area (Å²) in [4.78, 5) is 42.4. The van der Waals surface area contributed by atoms with Crippen LogP contribution in [0.15, 0.2) is 42.6 Å². The van der Waals surface area contributed by atoms with E-state index in [2.05, 4.69) is 10.4 Å². The second kappa shape index (κ2) is 7.13. The number of benzene rings is 2. The maximum absolute atomic E-state index is 13.3. The molecule has 1 aliphatic heterocycles. The molecule has 4 rings (SSSR count). The van der Waals surface area contributed by atoms with Gasteiger partial charge in [-0.1, -0.05) is 49.7 Å². The monoisotopic (exact) mass is 403 g/mol. The van der Waals surface area contributed by atoms with Crippen LogP contribution in [-0.4, -0.2) is 27.7 Å². The lowest BCUT2D eigenvalue weighted by molar-refractivity contribution is -0.144. The van der Waals surface area contributed by atoms with Crippen molar-refractivity contribution in [3.05, 3.63) is 70.4 Å². The standard InChI is InChI=1S/C24H25N3O3/c1-14-9-15(2)21-16(10-14)12-24(3,4)23(30)27(22(21)29)26-20(28)11-17-13-25-19-8-6-5-7-18(17)19/h5-10,13,25H,11-12H2,1-4H3,(H,26,28). The van der Waals surface area contributed by atoms with Gasteiger partial charge in [0.2, 0.25) is 5.91 Å². The first-order valence-electron chi connectivity index (χ1n) is 10.0. The number of hydrogen-bond acceptors (Lipinski definition) is 3. The molecule has 3 amide bonds. The Bertz CT molecular complexity index is 1190. The molecule has 2 N–H and O–H groups in total. The van der Waals surface area contributed by atoms with Crippen molar-refractivity contribution in [2.75, 3.05) is 0 Å². The van der Waals surface area contributed by atoms with Gasteiger partial charge in [-0.3, -0.25) is 19.8 Å². The minimum atomic E-state index is -0.824. The number of nitrogens with one attached hydrogen (secondary N) is 2. The van der Waals surface area contributed by atoms with Gasteiger partial charge in [0.15, 0.2) is 0 Å². The highest BCUT2D eigenvalue weighted by molar-refractivity contribution is 6.10. The molecule has 2 aromatic carbocycles. The highest BCUT2D eigenvalue weighted by atomic mass is 16.2. The van der Waals surface area contributed by atoms with Crippen LogP contribution in [0.5, 0.6) is 0 Å². The molecular weight excluding hydrogens is 378 g/mol. The second-order valence-electron chi connectivity index (χ2n) is 8.69. The highest BCUT2D eigenvalue weighted by Crippen LogP contribution is 2.33. The van der Waals surface area contributed by atoms with Gasteiger partial charge < -0.3 is 4.98 Å². The van der Waals surface area contributed by atoms with Crippen LogP contribution >= 0.6 is 0 Å². The van der Waals surface area contributed by atoms with Gasteiger partial charge in [-0.05, 0) is 43.0 Å². The molecule has 2 heterocycles. The number of nitrogens with zero attached hydrogens (tertiary/aromatic N) is 1. The van der Waals surface area contributed by atoms with Crippen molar-refractivity contribution in [2.45, 2.75) is 40.5 Å². The molecule has 0 aliphatic carbocycles. The Hall–Kier alpha value is -3.41. The van der Waals surface area contributed by atoms with Crippen LogP contribution in [0, 0.1) is 19.3 Å². The van der Waals surface area contributed by atoms with Crippen LogP contribution in [-0.2, 0) is 22.4 Å². The van der Waals surface area contributed by atoms with E-state index in [1.807, 2.05) is 50.2 Å². The largest absolute Gasteiger partial charge is 0.361 e. The molecule has 6 heteroatoms. The molecule has 3 aromatic rings. The van der Waals surface area contributed by atoms with Crippen molar-refractivity contribution >= 4 is 28.6 Å². The lowest BCUT2D eigenvalue weighted by Crippen LogP contribution is -2.53. The third-order valence-electron chi connectivity index (χ3n) is 5.66. The predicted octanol–water partition coefficient (Wildman–Crippen LogP) is 3.61. The minimum Gasteiger partial charge on any atom is -0.361 e. The van der Waals surface area contributed by atoms with E-state index in [1.54, 1.807) is 20.0 Å². The number of carbonyl (C=O) groups excluding carboxylic acids is 3. The smallest absolute Gasteiger partial charge is 0.280 e. The lowest BCUT2D eigenvalue weighted by atomic mass is 9.83. The normalized spacial score (nSPS) is 15.8. The average Bonchev–Trinajstić information content (AvgIpc) is 3.04. The van der Waals surface area contributed by atoms with Gasteiger partial charge in [0.05, 0.1) is 11.8 Å². The van der Waals surface area contributed by atoms with Gasteiger partial charge in [-0.2, -0.15) is 5.01 Å². The molecule has 154 valence electrons. The molecule has 0 bridgehead atoms. The first kappa shape index (κ1) is 19.9. The van der Waals surface area contributed by atoms with E-state index in [9.17, 15) is 14.4 Å². The van der Waals surface area contributed by atoms with E-state index >= 15 is 0 Å². The quantitative estimate of drug-likeness (QED) is 0.656. The number of aromatic nitrogens is 1. The van der Waals surface area contributed by atoms with E-state index < -0.39 is 23.1 Å². The Morgan fingerprint density at radius 3 is 2.67 bits per heavy atom. The third kappa shape index (κ3) is 3.38. The molecular formula is C24H25N3O3. The number of para-hydroxylation sites is 1. The Morgan fingerprint density at radius 1 is 1.17 bits per heavy atom. The van der Waals surface area contributed by atoms with Crippen LogP contribution in [0.4, 0.5) is 0 Å². The summed E-state index contributed by atoms with van der Waals surface area (Å²) in [6.45, 7) is 7.43. The van der Waals surface area contributed by atoms with Crippen molar-refractivity contribution in [1.82, 2.24) is 15.4 Å². The van der Waals surface area contributed by atoms with Crippen LogP contribution in [0.2, 0.25) is 0 Å². The molecule has 0 unspecified atom stereocenters. The SMILES string of the molecule is Cc1cc(C)c2c(c1)CC(C)(C)C(=O)N(NC(=O)Cc1c[nH]c3ccccc13)C2=O. The zero-order valence-corrected chi connectivity index (χ0v) is 17.6. The third-order valence-corrected chi connectivity index (χ3v) is 5.66. The molecule has 0 saturated heterocycles. The number of hydrazine groups is 1. The van der Waals surface area contributed by atoms with Crippen molar-refractivity contribution in [3.63, 3.8) is 0 Å². The van der Waals surface area contributed by atoms with Crippen molar-refractivity contribution in [2.24, 2.45) is 5.41 Å². The highest BCUT2D eigenvalue weighted by Gasteiger charge is 2.42. The van der Waals surface area contributed by atoms with Gasteiger partial charge >= 0.3 is 0 Å². The Labute approximate surface area is 175 Å². The zero-order valence-electron chi connectivity index (χ0n) is 17.6. The van der Waals surface area contributed by atoms with E-state index in [0.29, 0.717) is 12.0 Å². The molecule has 0 spiro atoms. The molecule has 1 aromatic heterocycles. The van der Waals surface area contributed by atoms with Gasteiger partial charge in [0.25, 0.3) is 11.8 Å². The average molecular weight is 403 g/mol. The van der Waals surface area contributed by atoms with E-state index in [4.69, 9.17) is 0 Å². The van der Waals surface area contributed by atoms with Crippen molar-refractivity contribution in [3.8, 4) is 0 Å². The van der Waals surface area contributed by atoms with Crippen LogP contribution in [0.1, 0.15) is 46.5 Å². The summed E-state index contributed by atoms with van der Waals surface area (Å²) < 4.78 is 0. The fraction of sp³-hybridized carbons (Fsp3) is 0.292. The second-order valence-corrected chi connectivity index (χ2v) is 8.69. The summed E-state index contributed by atoms with van der Waals surface area (Å²) in [6.07, 6.45) is 2.27. The molecule has 0 atom stereocenters. The maximum atomic E-state index is 13.3. The molecule has 30 heavy (non-hydrogen) atoms. The first-order chi connectivity index (χ1) is 14.2. The summed E-state index contributed by atoms with van der Waals surface area (Å²) in [5, 5.41) is 1.85. The van der Waals surface area contributed by atoms with Crippen molar-refractivity contribution < 1.29 is 14.4 Å². The van der Waals surface area contributed by atoms with E-state index in [0.717, 1.165) is 38.2 Å². The van der Waals surface area contributed by atoms with Crippen molar-refractivity contribution in [1.29, 1.82) is 0 Å². The van der Waals surface area contributed by atoms with E-state index in [-0.39, 0.29) is 6.42 Å². The number of fused-ring (bicyclic) bond motifs is 2. The Balaban J connectivity index is 1.65. The van der Waals surface area contributed by atoms with Crippen LogP contribution in [0.3, 0.4) is 0 Å². The summed E-state index contributed by atoms with van der Waals surface area (Å²) in [5.74, 6) is -1.30. The van der Waals surface area contributed by atoms with Crippen LogP contribution < -0.4 is 5.43 Å². The molecule has 6 nitrogen and oxygen atoms in total. The molecule has 1 aliphatic rings. The summed E-state index contributed by atoms with van der Waals surface area (Å²) in [5.41, 5.74) is 6.67. The molecule has 0 radical (unpaired) electrons. The maximum Gasteiger partial charge on any atom is 0.280 e. The lowest BCUT2D eigenvalue weighted by Gasteiger charge is -2.27. The van der Waals surface area contributed by atoms with Gasteiger partial charge in [-0.25, -0.2) is 0 Å². The first-order valence-corrected chi connectivity index (χ1v) is 10.0. The van der Waals surface area contributed by atoms with Gasteiger partial charge in [-0.15, -0.1) is 0 Å². The van der Waals surface area contributed by atoms with Crippen LogP contribution in [0.25, 0.3) is 10.9 Å². The number of aromatic amines is 1. The fourth-order valence-electron chi connectivity index (χ4n) is 4.28. The number of rotatable bonds is 3. The predicted molar refractivity (Wildman–Crippen MR) is 115 cm³/mol. The fourth-order valence-corrected chi connectivity index (χ4v) is 4.28. The molecule has 0 saturated carbocycles. The number of H-pyrrole nitrogens is 1. The minimum absolute atomic E-state index is 0.0568. The summed E-state index contributed by atoms with van der Waals surface area (Å²) in [6, 6.07) is 11.6. The number of aryl methyl sites for hydroxylation is 2. The summed E-state index contributed by atoms with van der Waals surface area (Å²) in [7, 11) is 0. The number of imide groups is 1. The summed E-state index contributed by atoms with van der Waals surface area (Å²) >= 11 is 0. The number of hydrogen-bond donors (Lipinski definition) is 2. The number of carbonyl (C=O) groups is 3. The molecule has 0 fully saturated rings. The van der Waals surface area contributed by atoms with E-state index in [1.165, 1.54) is 0 Å². The Kier molecular flexibility index (Phi) is 4.73. The zero-order chi connectivity index (χ0) is 21.6.